The first-order valence-corrected chi connectivity index (χ1v) is 7.37. The molecule has 0 N–H and O–H groups in total. The zero-order valence-electron chi connectivity index (χ0n) is 13.0. The Morgan fingerprint density at radius 3 is 1.95 bits per heavy atom. The number of carbonyl (C=O) groups is 1. The van der Waals surface area contributed by atoms with Crippen LogP contribution in [0.3, 0.4) is 0 Å². The van der Waals surface area contributed by atoms with Crippen LogP contribution < -0.4 is 4.74 Å². The van der Waals surface area contributed by atoms with Crippen LogP contribution in [0.2, 0.25) is 0 Å². The zero-order valence-corrected chi connectivity index (χ0v) is 13.0. The van der Waals surface area contributed by atoms with Gasteiger partial charge in [0.1, 0.15) is 5.75 Å². The summed E-state index contributed by atoms with van der Waals surface area (Å²) in [6.07, 6.45) is -0.667. The molecule has 0 atom stereocenters. The van der Waals surface area contributed by atoms with Crippen molar-refractivity contribution in [2.24, 2.45) is 0 Å². The summed E-state index contributed by atoms with van der Waals surface area (Å²) in [5.74, 6) is 0.568. The first kappa shape index (κ1) is 14.4. The molecule has 3 nitrogen and oxygen atoms in total. The van der Waals surface area contributed by atoms with E-state index in [1.807, 2.05) is 38.1 Å². The van der Waals surface area contributed by atoms with Crippen molar-refractivity contribution in [2.75, 3.05) is 6.61 Å². The lowest BCUT2D eigenvalue weighted by Gasteiger charge is -2.12. The lowest BCUT2D eigenvalue weighted by molar-refractivity contribution is 0.105. The number of carbonyl (C=O) groups excluding carboxylic acids is 1. The minimum Gasteiger partial charge on any atom is -0.434 e. The molecule has 0 fully saturated rings. The van der Waals surface area contributed by atoms with Gasteiger partial charge in [0.25, 0.3) is 0 Å². The van der Waals surface area contributed by atoms with E-state index in [-0.39, 0.29) is 0 Å². The number of hydrogen-bond donors (Lipinski definition) is 0. The van der Waals surface area contributed by atoms with E-state index >= 15 is 0 Å². The molecular weight excluding hydrogens is 276 g/mol. The molecule has 3 heteroatoms. The molecule has 3 aromatic carbocycles. The zero-order chi connectivity index (χ0) is 15.7. The van der Waals surface area contributed by atoms with Crippen LogP contribution in [0.15, 0.2) is 42.5 Å². The molecule has 0 heterocycles. The molecule has 0 radical (unpaired) electrons. The van der Waals surface area contributed by atoms with Crippen LogP contribution in [-0.4, -0.2) is 12.8 Å². The van der Waals surface area contributed by atoms with Gasteiger partial charge in [-0.1, -0.05) is 35.4 Å². The van der Waals surface area contributed by atoms with E-state index in [0.717, 1.165) is 32.7 Å². The van der Waals surface area contributed by atoms with Gasteiger partial charge in [0.2, 0.25) is 0 Å². The predicted octanol–water partition coefficient (Wildman–Crippen LogP) is 5.15. The van der Waals surface area contributed by atoms with E-state index in [4.69, 9.17) is 9.47 Å². The Balaban J connectivity index is 2.31. The Bertz CT molecular complexity index is 805. The van der Waals surface area contributed by atoms with Crippen molar-refractivity contribution in [1.82, 2.24) is 0 Å². The topological polar surface area (TPSA) is 35.5 Å². The third-order valence-electron chi connectivity index (χ3n) is 3.67. The molecule has 3 rings (SSSR count). The van der Waals surface area contributed by atoms with Gasteiger partial charge in [0.15, 0.2) is 0 Å². The van der Waals surface area contributed by atoms with Crippen LogP contribution >= 0.6 is 0 Å². The second-order valence-corrected chi connectivity index (χ2v) is 5.44. The minimum absolute atomic E-state index is 0.291. The molecule has 0 bridgehead atoms. The van der Waals surface area contributed by atoms with Gasteiger partial charge in [-0.25, -0.2) is 4.79 Å². The highest BCUT2D eigenvalue weighted by atomic mass is 16.7. The van der Waals surface area contributed by atoms with Gasteiger partial charge in [-0.2, -0.15) is 0 Å². The van der Waals surface area contributed by atoms with E-state index < -0.39 is 6.16 Å². The van der Waals surface area contributed by atoms with Crippen LogP contribution in [0.5, 0.6) is 5.75 Å². The second-order valence-electron chi connectivity index (χ2n) is 5.44. The van der Waals surface area contributed by atoms with Gasteiger partial charge >= 0.3 is 6.16 Å². The third-order valence-corrected chi connectivity index (χ3v) is 3.67. The van der Waals surface area contributed by atoms with Crippen molar-refractivity contribution >= 4 is 27.7 Å². The summed E-state index contributed by atoms with van der Waals surface area (Å²) in [5, 5.41) is 3.93. The van der Waals surface area contributed by atoms with Crippen molar-refractivity contribution in [3.63, 3.8) is 0 Å². The smallest absolute Gasteiger partial charge is 0.434 e. The Morgan fingerprint density at radius 2 is 1.45 bits per heavy atom. The number of hydrogen-bond acceptors (Lipinski definition) is 3. The highest BCUT2D eigenvalue weighted by Gasteiger charge is 2.14. The van der Waals surface area contributed by atoms with E-state index in [9.17, 15) is 4.79 Å². The summed E-state index contributed by atoms with van der Waals surface area (Å²) in [6, 6.07) is 14.4. The van der Waals surface area contributed by atoms with Crippen molar-refractivity contribution in [1.29, 1.82) is 0 Å². The molecule has 0 amide bonds. The lowest BCUT2D eigenvalue weighted by atomic mass is 9.99. The summed E-state index contributed by atoms with van der Waals surface area (Å²) < 4.78 is 10.5. The maximum atomic E-state index is 11.8. The fourth-order valence-corrected chi connectivity index (χ4v) is 2.64. The van der Waals surface area contributed by atoms with Crippen LogP contribution in [0.1, 0.15) is 18.1 Å². The Labute approximate surface area is 129 Å². The molecule has 0 aliphatic heterocycles. The largest absolute Gasteiger partial charge is 0.513 e. The van der Waals surface area contributed by atoms with Gasteiger partial charge < -0.3 is 9.47 Å². The van der Waals surface area contributed by atoms with Crippen molar-refractivity contribution < 1.29 is 14.3 Å². The molecule has 0 aliphatic carbocycles. The predicted molar refractivity (Wildman–Crippen MR) is 88.6 cm³/mol. The molecular formula is C19H18O3. The number of fused-ring (bicyclic) bond motifs is 2. The highest BCUT2D eigenvalue weighted by Crippen LogP contribution is 2.36. The molecule has 0 unspecified atom stereocenters. The molecule has 0 aromatic heterocycles. The van der Waals surface area contributed by atoms with Crippen molar-refractivity contribution in [3.05, 3.63) is 53.6 Å². The fraction of sp³-hybridized carbons (Fsp3) is 0.211. The summed E-state index contributed by atoms with van der Waals surface area (Å²) in [7, 11) is 0. The van der Waals surface area contributed by atoms with Crippen LogP contribution in [0.25, 0.3) is 21.5 Å². The quantitative estimate of drug-likeness (QED) is 0.373. The van der Waals surface area contributed by atoms with Gasteiger partial charge in [0.05, 0.1) is 6.61 Å². The standard InChI is InChI=1S/C19H18O3/c1-4-21-19(20)22-18-16-9-12(2)5-7-14(16)11-15-8-6-13(3)10-17(15)18/h5-11H,4H2,1-3H3. The number of aryl methyl sites for hydroxylation is 2. The summed E-state index contributed by atoms with van der Waals surface area (Å²) >= 11 is 0. The lowest BCUT2D eigenvalue weighted by Crippen LogP contribution is -2.10. The van der Waals surface area contributed by atoms with Crippen LogP contribution in [0.4, 0.5) is 4.79 Å². The Morgan fingerprint density at radius 1 is 0.909 bits per heavy atom. The average Bonchev–Trinajstić information content (AvgIpc) is 2.48. The van der Waals surface area contributed by atoms with Gasteiger partial charge in [-0.15, -0.1) is 0 Å². The monoisotopic (exact) mass is 294 g/mol. The van der Waals surface area contributed by atoms with Gasteiger partial charge in [-0.05, 0) is 49.7 Å². The van der Waals surface area contributed by atoms with Crippen LogP contribution in [0, 0.1) is 13.8 Å². The summed E-state index contributed by atoms with van der Waals surface area (Å²) in [6.45, 7) is 6.10. The molecule has 22 heavy (non-hydrogen) atoms. The van der Waals surface area contributed by atoms with E-state index in [2.05, 4.69) is 18.2 Å². The first-order chi connectivity index (χ1) is 10.6. The van der Waals surface area contributed by atoms with E-state index in [1.165, 1.54) is 0 Å². The number of benzene rings is 3. The number of rotatable bonds is 2. The molecule has 0 saturated heterocycles. The molecule has 0 spiro atoms. The molecule has 3 aromatic rings. The normalized spacial score (nSPS) is 10.9. The van der Waals surface area contributed by atoms with Gasteiger partial charge in [0, 0.05) is 10.8 Å². The Kier molecular flexibility index (Phi) is 3.72. The maximum Gasteiger partial charge on any atom is 0.513 e. The van der Waals surface area contributed by atoms with E-state index in [1.54, 1.807) is 6.92 Å². The highest BCUT2D eigenvalue weighted by molar-refractivity contribution is 6.06. The molecule has 0 saturated carbocycles. The molecule has 0 aliphatic rings. The first-order valence-electron chi connectivity index (χ1n) is 7.37. The maximum absolute atomic E-state index is 11.8. The summed E-state index contributed by atoms with van der Waals surface area (Å²) in [4.78, 5) is 11.8. The number of ether oxygens (including phenoxy) is 2. The average molecular weight is 294 g/mol. The SMILES string of the molecule is CCOC(=O)Oc1c2cc(C)ccc2cc2ccc(C)cc12. The van der Waals surface area contributed by atoms with Gasteiger partial charge in [-0.3, -0.25) is 0 Å². The molecule has 112 valence electrons. The van der Waals surface area contributed by atoms with Crippen molar-refractivity contribution in [3.8, 4) is 5.75 Å². The summed E-state index contributed by atoms with van der Waals surface area (Å²) in [5.41, 5.74) is 2.24. The van der Waals surface area contributed by atoms with E-state index in [0.29, 0.717) is 12.4 Å². The Hall–Kier alpha value is -2.55. The second kappa shape index (κ2) is 5.68. The fourth-order valence-electron chi connectivity index (χ4n) is 2.64. The van der Waals surface area contributed by atoms with Crippen molar-refractivity contribution in [2.45, 2.75) is 20.8 Å². The third kappa shape index (κ3) is 2.62. The minimum atomic E-state index is -0.667. The van der Waals surface area contributed by atoms with Crippen LogP contribution in [-0.2, 0) is 4.74 Å².